The summed E-state index contributed by atoms with van der Waals surface area (Å²) < 4.78 is 1.71. The molecule has 0 atom stereocenters. The Labute approximate surface area is 141 Å². The number of aromatic nitrogens is 4. The molecule has 0 aliphatic heterocycles. The zero-order valence-corrected chi connectivity index (χ0v) is 13.9. The average molecular weight is 345 g/mol. The van der Waals surface area contributed by atoms with Crippen molar-refractivity contribution in [1.82, 2.24) is 25.5 Å². The first-order chi connectivity index (χ1) is 11.3. The quantitative estimate of drug-likeness (QED) is 0.665. The lowest BCUT2D eigenvalue weighted by molar-refractivity contribution is -0.118. The van der Waals surface area contributed by atoms with Crippen molar-refractivity contribution < 1.29 is 4.79 Å². The lowest BCUT2D eigenvalue weighted by atomic mass is 10.2. The number of thiophene rings is 1. The van der Waals surface area contributed by atoms with Gasteiger partial charge in [-0.2, -0.15) is 0 Å². The predicted octanol–water partition coefficient (Wildman–Crippen LogP) is 2.19. The Bertz CT molecular complexity index is 742. The molecule has 2 aromatic heterocycles. The van der Waals surface area contributed by atoms with Crippen molar-refractivity contribution in [3.63, 3.8) is 0 Å². The molecule has 0 radical (unpaired) electrons. The van der Waals surface area contributed by atoms with Crippen molar-refractivity contribution in [3.05, 3.63) is 58.3 Å². The van der Waals surface area contributed by atoms with Crippen LogP contribution in [0.15, 0.2) is 53.0 Å². The minimum absolute atomic E-state index is 0.0375. The lowest BCUT2D eigenvalue weighted by Gasteiger charge is -2.05. The molecule has 3 aromatic rings. The molecular weight excluding hydrogens is 330 g/mol. The van der Waals surface area contributed by atoms with Gasteiger partial charge in [0.2, 0.25) is 11.1 Å². The van der Waals surface area contributed by atoms with Crippen molar-refractivity contribution >= 4 is 29.0 Å². The van der Waals surface area contributed by atoms with E-state index in [1.54, 1.807) is 16.0 Å². The highest BCUT2D eigenvalue weighted by atomic mass is 32.2. The van der Waals surface area contributed by atoms with E-state index in [1.165, 1.54) is 16.6 Å². The Balaban J connectivity index is 1.48. The molecule has 0 aliphatic carbocycles. The van der Waals surface area contributed by atoms with Gasteiger partial charge in [-0.15, -0.1) is 16.4 Å². The van der Waals surface area contributed by atoms with Crippen LogP contribution in [-0.4, -0.2) is 31.9 Å². The third-order valence-electron chi connectivity index (χ3n) is 3.05. The molecule has 8 heteroatoms. The van der Waals surface area contributed by atoms with Crippen molar-refractivity contribution in [2.45, 2.75) is 18.2 Å². The first-order valence-corrected chi connectivity index (χ1v) is 8.90. The second-order valence-electron chi connectivity index (χ2n) is 4.75. The highest BCUT2D eigenvalue weighted by Crippen LogP contribution is 2.16. The van der Waals surface area contributed by atoms with Crippen molar-refractivity contribution in [3.8, 4) is 0 Å². The van der Waals surface area contributed by atoms with Crippen molar-refractivity contribution in [2.24, 2.45) is 0 Å². The fourth-order valence-corrected chi connectivity index (χ4v) is 3.32. The summed E-state index contributed by atoms with van der Waals surface area (Å²) in [5, 5.41) is 17.2. The highest BCUT2D eigenvalue weighted by molar-refractivity contribution is 7.99. The van der Waals surface area contributed by atoms with Gasteiger partial charge >= 0.3 is 0 Å². The molecule has 1 aromatic carbocycles. The van der Waals surface area contributed by atoms with E-state index in [9.17, 15) is 4.79 Å². The molecule has 0 saturated carbocycles. The first kappa shape index (κ1) is 15.7. The van der Waals surface area contributed by atoms with Gasteiger partial charge in [-0.1, -0.05) is 48.2 Å². The normalized spacial score (nSPS) is 10.6. The number of tetrazole rings is 1. The molecule has 0 bridgehead atoms. The maximum atomic E-state index is 11.9. The van der Waals surface area contributed by atoms with Crippen LogP contribution in [0.5, 0.6) is 0 Å². The standard InChI is InChI=1S/C15H15N5OS2/c21-14(16-9-12-5-2-1-3-6-12)11-23-15-17-18-19-20(15)10-13-7-4-8-22-13/h1-8H,9-11H2,(H,16,21). The molecule has 1 N–H and O–H groups in total. The minimum Gasteiger partial charge on any atom is -0.351 e. The molecule has 3 rings (SSSR count). The number of hydrogen-bond acceptors (Lipinski definition) is 6. The van der Waals surface area contributed by atoms with Crippen LogP contribution in [-0.2, 0) is 17.9 Å². The van der Waals surface area contributed by atoms with E-state index in [2.05, 4.69) is 20.8 Å². The summed E-state index contributed by atoms with van der Waals surface area (Å²) in [6.07, 6.45) is 0. The smallest absolute Gasteiger partial charge is 0.230 e. The molecule has 0 spiro atoms. The number of rotatable bonds is 7. The van der Waals surface area contributed by atoms with Gasteiger partial charge in [-0.3, -0.25) is 4.79 Å². The SMILES string of the molecule is O=C(CSc1nnnn1Cc1cccs1)NCc1ccccc1. The van der Waals surface area contributed by atoms with Crippen LogP contribution < -0.4 is 5.32 Å². The van der Waals surface area contributed by atoms with Crippen LogP contribution in [0.4, 0.5) is 0 Å². The van der Waals surface area contributed by atoms with Crippen molar-refractivity contribution in [2.75, 3.05) is 5.75 Å². The Morgan fingerprint density at radius 2 is 2.09 bits per heavy atom. The van der Waals surface area contributed by atoms with E-state index in [4.69, 9.17) is 0 Å². The highest BCUT2D eigenvalue weighted by Gasteiger charge is 2.10. The number of hydrogen-bond donors (Lipinski definition) is 1. The van der Waals surface area contributed by atoms with Gasteiger partial charge in [0.1, 0.15) is 0 Å². The molecule has 0 saturated heterocycles. The third kappa shape index (κ3) is 4.64. The van der Waals surface area contributed by atoms with Crippen LogP contribution in [0, 0.1) is 0 Å². The molecule has 118 valence electrons. The summed E-state index contributed by atoms with van der Waals surface area (Å²) in [7, 11) is 0. The Kier molecular flexibility index (Phi) is 5.38. The first-order valence-electron chi connectivity index (χ1n) is 7.03. The fourth-order valence-electron chi connectivity index (χ4n) is 1.93. The number of nitrogens with zero attached hydrogens (tertiary/aromatic N) is 4. The summed E-state index contributed by atoms with van der Waals surface area (Å²) >= 11 is 2.99. The van der Waals surface area contributed by atoms with Crippen LogP contribution in [0.25, 0.3) is 0 Å². The number of amides is 1. The van der Waals surface area contributed by atoms with Gasteiger partial charge in [0.15, 0.2) is 0 Å². The van der Waals surface area contributed by atoms with Crippen LogP contribution >= 0.6 is 23.1 Å². The summed E-state index contributed by atoms with van der Waals surface area (Å²) in [5.41, 5.74) is 1.08. The number of carbonyl (C=O) groups excluding carboxylic acids is 1. The second-order valence-corrected chi connectivity index (χ2v) is 6.72. The zero-order chi connectivity index (χ0) is 15.9. The third-order valence-corrected chi connectivity index (χ3v) is 4.87. The van der Waals surface area contributed by atoms with Crippen LogP contribution in [0.3, 0.4) is 0 Å². The molecule has 2 heterocycles. The van der Waals surface area contributed by atoms with Gasteiger partial charge in [0, 0.05) is 11.4 Å². The van der Waals surface area contributed by atoms with Gasteiger partial charge in [0.05, 0.1) is 12.3 Å². The van der Waals surface area contributed by atoms with E-state index < -0.39 is 0 Å². The van der Waals surface area contributed by atoms with E-state index >= 15 is 0 Å². The Hall–Kier alpha value is -2.19. The number of carbonyl (C=O) groups is 1. The number of nitrogens with one attached hydrogen (secondary N) is 1. The van der Waals surface area contributed by atoms with Gasteiger partial charge in [-0.05, 0) is 27.4 Å². The number of thioether (sulfide) groups is 1. The Morgan fingerprint density at radius 3 is 2.87 bits per heavy atom. The van der Waals surface area contributed by atoms with Gasteiger partial charge < -0.3 is 5.32 Å². The molecule has 0 unspecified atom stereocenters. The number of benzene rings is 1. The van der Waals surface area contributed by atoms with Gasteiger partial charge in [-0.25, -0.2) is 4.68 Å². The van der Waals surface area contributed by atoms with Gasteiger partial charge in [0.25, 0.3) is 0 Å². The monoisotopic (exact) mass is 345 g/mol. The second kappa shape index (κ2) is 7.89. The molecule has 0 aliphatic rings. The minimum atomic E-state index is -0.0375. The molecule has 6 nitrogen and oxygen atoms in total. The predicted molar refractivity (Wildman–Crippen MR) is 90.3 cm³/mol. The van der Waals surface area contributed by atoms with E-state index in [0.29, 0.717) is 18.2 Å². The fraction of sp³-hybridized carbons (Fsp3) is 0.200. The van der Waals surface area contributed by atoms with E-state index in [-0.39, 0.29) is 11.7 Å². The Morgan fingerprint density at radius 1 is 1.22 bits per heavy atom. The summed E-state index contributed by atoms with van der Waals surface area (Å²) in [5.74, 6) is 0.252. The lowest BCUT2D eigenvalue weighted by Crippen LogP contribution is -2.24. The average Bonchev–Trinajstić information content (AvgIpc) is 3.24. The van der Waals surface area contributed by atoms with E-state index in [1.807, 2.05) is 47.8 Å². The summed E-state index contributed by atoms with van der Waals surface area (Å²) in [4.78, 5) is 13.1. The van der Waals surface area contributed by atoms with Crippen LogP contribution in [0.2, 0.25) is 0 Å². The van der Waals surface area contributed by atoms with Crippen LogP contribution in [0.1, 0.15) is 10.4 Å². The summed E-state index contributed by atoms with van der Waals surface area (Å²) in [6.45, 7) is 1.15. The molecule has 0 fully saturated rings. The largest absolute Gasteiger partial charge is 0.351 e. The zero-order valence-electron chi connectivity index (χ0n) is 12.3. The maximum absolute atomic E-state index is 11.9. The summed E-state index contributed by atoms with van der Waals surface area (Å²) in [6, 6.07) is 13.9. The molecule has 1 amide bonds. The van der Waals surface area contributed by atoms with E-state index in [0.717, 1.165) is 5.56 Å². The molecule has 23 heavy (non-hydrogen) atoms. The van der Waals surface area contributed by atoms with Crippen molar-refractivity contribution in [1.29, 1.82) is 0 Å². The maximum Gasteiger partial charge on any atom is 0.230 e. The molecular formula is C15H15N5OS2. The topological polar surface area (TPSA) is 72.7 Å².